The van der Waals surface area contributed by atoms with Crippen molar-refractivity contribution in [1.29, 1.82) is 0 Å². The van der Waals surface area contributed by atoms with Gasteiger partial charge in [0.1, 0.15) is 0 Å². The zero-order chi connectivity index (χ0) is 15.4. The summed E-state index contributed by atoms with van der Waals surface area (Å²) in [5.41, 5.74) is 0. The summed E-state index contributed by atoms with van der Waals surface area (Å²) in [6, 6.07) is 0.240. The molecule has 1 amide bonds. The van der Waals surface area contributed by atoms with Gasteiger partial charge in [-0.3, -0.25) is 19.3 Å². The van der Waals surface area contributed by atoms with Crippen molar-refractivity contribution in [3.05, 3.63) is 0 Å². The van der Waals surface area contributed by atoms with Gasteiger partial charge in [0.25, 0.3) is 0 Å². The fraction of sp³-hybridized carbons (Fsp3) is 0.786. The predicted octanol–water partition coefficient (Wildman–Crippen LogP) is 0.153. The van der Waals surface area contributed by atoms with Crippen molar-refractivity contribution in [2.75, 3.05) is 19.6 Å². The lowest BCUT2D eigenvalue weighted by molar-refractivity contribution is -0.157. The van der Waals surface area contributed by atoms with E-state index in [1.165, 1.54) is 0 Å². The van der Waals surface area contributed by atoms with Gasteiger partial charge >= 0.3 is 11.9 Å². The Morgan fingerprint density at radius 3 is 2.19 bits per heavy atom. The first-order valence-corrected chi connectivity index (χ1v) is 7.44. The quantitative estimate of drug-likeness (QED) is 0.667. The van der Waals surface area contributed by atoms with Crippen LogP contribution in [0.4, 0.5) is 0 Å². The molecule has 0 radical (unpaired) electrons. The van der Waals surface area contributed by atoms with Crippen molar-refractivity contribution in [3.8, 4) is 0 Å². The minimum atomic E-state index is -1.11. The Kier molecular flexibility index (Phi) is 5.17. The summed E-state index contributed by atoms with van der Waals surface area (Å²) >= 11 is 0. The van der Waals surface area contributed by atoms with E-state index in [2.05, 4.69) is 5.32 Å². The zero-order valence-electron chi connectivity index (χ0n) is 12.0. The molecule has 21 heavy (non-hydrogen) atoms. The topological polar surface area (TPSA) is 107 Å². The number of carbonyl (C=O) groups is 3. The fourth-order valence-corrected chi connectivity index (χ4v) is 3.26. The molecule has 1 saturated carbocycles. The molecule has 3 N–H and O–H groups in total. The smallest absolute Gasteiger partial charge is 0.308 e. The fourth-order valence-electron chi connectivity index (χ4n) is 3.26. The van der Waals surface area contributed by atoms with Crippen LogP contribution >= 0.6 is 0 Å². The molecule has 0 aromatic carbocycles. The van der Waals surface area contributed by atoms with Gasteiger partial charge in [0, 0.05) is 12.6 Å². The first-order valence-electron chi connectivity index (χ1n) is 7.44. The number of aliphatic carboxylic acids is 2. The van der Waals surface area contributed by atoms with Crippen LogP contribution in [-0.2, 0) is 14.4 Å². The molecule has 1 aliphatic heterocycles. The van der Waals surface area contributed by atoms with Gasteiger partial charge in [-0.15, -0.1) is 0 Å². The molecule has 0 spiro atoms. The van der Waals surface area contributed by atoms with Crippen molar-refractivity contribution in [1.82, 2.24) is 10.2 Å². The summed E-state index contributed by atoms with van der Waals surface area (Å²) in [5, 5.41) is 21.2. The number of carboxylic acid groups (broad SMARTS) is 2. The molecule has 2 atom stereocenters. The molecule has 7 heteroatoms. The number of rotatable bonds is 5. The number of amides is 1. The Morgan fingerprint density at radius 2 is 1.62 bits per heavy atom. The molecule has 2 rings (SSSR count). The lowest BCUT2D eigenvalue weighted by Gasteiger charge is -2.34. The first-order chi connectivity index (χ1) is 9.97. The van der Waals surface area contributed by atoms with Crippen LogP contribution in [0.25, 0.3) is 0 Å². The maximum Gasteiger partial charge on any atom is 0.308 e. The Morgan fingerprint density at radius 1 is 1.00 bits per heavy atom. The number of carboxylic acids is 2. The van der Waals surface area contributed by atoms with E-state index in [-0.39, 0.29) is 31.5 Å². The van der Waals surface area contributed by atoms with Gasteiger partial charge in [-0.25, -0.2) is 0 Å². The van der Waals surface area contributed by atoms with Crippen LogP contribution in [0.2, 0.25) is 0 Å². The minimum absolute atomic E-state index is 0.0974. The third-order valence-electron chi connectivity index (χ3n) is 4.42. The molecule has 2 unspecified atom stereocenters. The van der Waals surface area contributed by atoms with Crippen LogP contribution in [0, 0.1) is 11.8 Å². The van der Waals surface area contributed by atoms with Crippen molar-refractivity contribution >= 4 is 17.8 Å². The van der Waals surface area contributed by atoms with Crippen LogP contribution in [0.3, 0.4) is 0 Å². The summed E-state index contributed by atoms with van der Waals surface area (Å²) in [6.45, 7) is 0.704. The molecule has 1 heterocycles. The molecular formula is C14H22N2O5. The van der Waals surface area contributed by atoms with Crippen LogP contribution in [0.15, 0.2) is 0 Å². The second-order valence-electron chi connectivity index (χ2n) is 5.96. The van der Waals surface area contributed by atoms with E-state index in [1.807, 2.05) is 0 Å². The van der Waals surface area contributed by atoms with E-state index in [0.717, 1.165) is 25.7 Å². The van der Waals surface area contributed by atoms with Gasteiger partial charge in [-0.2, -0.15) is 0 Å². The first kappa shape index (κ1) is 15.8. The van der Waals surface area contributed by atoms with E-state index in [1.54, 1.807) is 4.90 Å². The third-order valence-corrected chi connectivity index (χ3v) is 4.42. The van der Waals surface area contributed by atoms with E-state index >= 15 is 0 Å². The standard InChI is InChI=1S/C14H22N2O5/c17-12(15-9-3-1-2-4-9)8-16-6-5-10(13(18)19)11(7-16)14(20)21/h9-11H,1-8H2,(H,15,17)(H,18,19)(H,20,21). The molecule has 0 aromatic rings. The van der Waals surface area contributed by atoms with Crippen molar-refractivity contribution < 1.29 is 24.6 Å². The summed E-state index contributed by atoms with van der Waals surface area (Å²) in [4.78, 5) is 35.9. The van der Waals surface area contributed by atoms with Gasteiger partial charge in [-0.1, -0.05) is 12.8 Å². The SMILES string of the molecule is O=C(CN1CCC(C(=O)O)C(C(=O)O)C1)NC1CCCC1. The highest BCUT2D eigenvalue weighted by Gasteiger charge is 2.39. The minimum Gasteiger partial charge on any atom is -0.481 e. The number of piperidine rings is 1. The number of likely N-dealkylation sites (tertiary alicyclic amines) is 1. The Bertz CT molecular complexity index is 420. The monoisotopic (exact) mass is 298 g/mol. The number of hydrogen-bond acceptors (Lipinski definition) is 4. The maximum absolute atomic E-state index is 11.9. The predicted molar refractivity (Wildman–Crippen MR) is 73.7 cm³/mol. The van der Waals surface area contributed by atoms with E-state index in [4.69, 9.17) is 10.2 Å². The molecule has 1 aliphatic carbocycles. The van der Waals surface area contributed by atoms with Gasteiger partial charge in [-0.05, 0) is 25.8 Å². The van der Waals surface area contributed by atoms with E-state index in [9.17, 15) is 14.4 Å². The van der Waals surface area contributed by atoms with Gasteiger partial charge < -0.3 is 15.5 Å². The lowest BCUT2D eigenvalue weighted by Crippen LogP contribution is -2.50. The van der Waals surface area contributed by atoms with Crippen LogP contribution < -0.4 is 5.32 Å². The number of hydrogen-bond donors (Lipinski definition) is 3. The van der Waals surface area contributed by atoms with Gasteiger partial charge in [0.2, 0.25) is 5.91 Å². The number of carbonyl (C=O) groups excluding carboxylic acids is 1. The highest BCUT2D eigenvalue weighted by molar-refractivity contribution is 5.81. The average Bonchev–Trinajstić information content (AvgIpc) is 2.90. The second-order valence-corrected chi connectivity index (χ2v) is 5.96. The largest absolute Gasteiger partial charge is 0.481 e. The summed E-state index contributed by atoms with van der Waals surface area (Å²) in [7, 11) is 0. The molecular weight excluding hydrogens is 276 g/mol. The normalized spacial score (nSPS) is 27.4. The Labute approximate surface area is 123 Å². The van der Waals surface area contributed by atoms with E-state index < -0.39 is 23.8 Å². The molecule has 2 fully saturated rings. The molecule has 0 aromatic heterocycles. The van der Waals surface area contributed by atoms with Crippen molar-refractivity contribution in [3.63, 3.8) is 0 Å². The second kappa shape index (κ2) is 6.89. The molecule has 1 saturated heterocycles. The highest BCUT2D eigenvalue weighted by Crippen LogP contribution is 2.24. The molecule has 0 bridgehead atoms. The summed E-state index contributed by atoms with van der Waals surface area (Å²) in [5.74, 6) is -4.09. The number of nitrogens with one attached hydrogen (secondary N) is 1. The third kappa shape index (κ3) is 4.17. The van der Waals surface area contributed by atoms with E-state index in [0.29, 0.717) is 6.54 Å². The highest BCUT2D eigenvalue weighted by atomic mass is 16.4. The maximum atomic E-state index is 11.9. The molecule has 2 aliphatic rings. The summed E-state index contributed by atoms with van der Waals surface area (Å²) < 4.78 is 0. The van der Waals surface area contributed by atoms with Crippen LogP contribution in [0.1, 0.15) is 32.1 Å². The Hall–Kier alpha value is -1.63. The van der Waals surface area contributed by atoms with Crippen molar-refractivity contribution in [2.45, 2.75) is 38.1 Å². The lowest BCUT2D eigenvalue weighted by atomic mass is 9.85. The summed E-state index contributed by atoms with van der Waals surface area (Å²) in [6.07, 6.45) is 4.55. The Balaban J connectivity index is 1.85. The van der Waals surface area contributed by atoms with Gasteiger partial charge in [0.05, 0.1) is 18.4 Å². The zero-order valence-corrected chi connectivity index (χ0v) is 12.0. The average molecular weight is 298 g/mol. The molecule has 7 nitrogen and oxygen atoms in total. The number of nitrogens with zero attached hydrogens (tertiary/aromatic N) is 1. The van der Waals surface area contributed by atoms with Crippen molar-refractivity contribution in [2.24, 2.45) is 11.8 Å². The van der Waals surface area contributed by atoms with Gasteiger partial charge in [0.15, 0.2) is 0 Å². The molecule has 118 valence electrons. The van der Waals surface area contributed by atoms with Crippen LogP contribution in [-0.4, -0.2) is 58.6 Å². The van der Waals surface area contributed by atoms with Crippen LogP contribution in [0.5, 0.6) is 0 Å².